The molecule has 1 fully saturated rings. The molecule has 2 aromatic rings. The van der Waals surface area contributed by atoms with Crippen molar-refractivity contribution in [2.75, 3.05) is 19.7 Å². The van der Waals surface area contributed by atoms with Crippen LogP contribution in [0.4, 0.5) is 0 Å². The highest BCUT2D eigenvalue weighted by atomic mass is 35.5. The van der Waals surface area contributed by atoms with E-state index in [9.17, 15) is 4.79 Å². The van der Waals surface area contributed by atoms with Crippen LogP contribution in [0, 0.1) is 5.92 Å². The standard InChI is InChI=1S/C21H30N4O2.ClH/c1-15(2)14-27-19-8-6-17(7-9-19)16(3)23-21(26)20-10-12-25(24-20)18-5-4-11-22-13-18;/h6-10,12,15-16,18,22H,4-5,11,13-14H2,1-3H3,(H,23,26);1H. The molecule has 2 unspecified atom stereocenters. The molecule has 3 rings (SSSR count). The molecule has 2 heterocycles. The van der Waals surface area contributed by atoms with Crippen LogP contribution in [0.3, 0.4) is 0 Å². The zero-order chi connectivity index (χ0) is 19.2. The number of aromatic nitrogens is 2. The van der Waals surface area contributed by atoms with E-state index >= 15 is 0 Å². The number of nitrogens with zero attached hydrogens (tertiary/aromatic N) is 2. The van der Waals surface area contributed by atoms with E-state index in [-0.39, 0.29) is 24.4 Å². The maximum atomic E-state index is 12.5. The van der Waals surface area contributed by atoms with Gasteiger partial charge < -0.3 is 15.4 Å². The predicted molar refractivity (Wildman–Crippen MR) is 113 cm³/mol. The van der Waals surface area contributed by atoms with Crippen molar-refractivity contribution in [2.45, 2.75) is 45.7 Å². The van der Waals surface area contributed by atoms with E-state index in [0.29, 0.717) is 24.3 Å². The Hall–Kier alpha value is -2.05. The molecule has 1 amide bonds. The molecule has 7 heteroatoms. The molecule has 2 N–H and O–H groups in total. The van der Waals surface area contributed by atoms with E-state index < -0.39 is 0 Å². The molecule has 0 spiro atoms. The van der Waals surface area contributed by atoms with Crippen LogP contribution < -0.4 is 15.4 Å². The van der Waals surface area contributed by atoms with Crippen molar-refractivity contribution in [1.29, 1.82) is 0 Å². The number of ether oxygens (including phenoxy) is 1. The van der Waals surface area contributed by atoms with Crippen LogP contribution in [0.25, 0.3) is 0 Å². The molecule has 6 nitrogen and oxygen atoms in total. The Bertz CT molecular complexity index is 739. The molecule has 1 saturated heterocycles. The topological polar surface area (TPSA) is 68.2 Å². The van der Waals surface area contributed by atoms with E-state index in [1.54, 1.807) is 6.07 Å². The first-order valence-corrected chi connectivity index (χ1v) is 9.82. The van der Waals surface area contributed by atoms with Gasteiger partial charge in [-0.3, -0.25) is 9.48 Å². The van der Waals surface area contributed by atoms with Gasteiger partial charge in [-0.1, -0.05) is 26.0 Å². The summed E-state index contributed by atoms with van der Waals surface area (Å²) in [7, 11) is 0. The van der Waals surface area contributed by atoms with E-state index in [1.807, 2.05) is 42.1 Å². The number of hydrogen-bond acceptors (Lipinski definition) is 4. The fraction of sp³-hybridized carbons (Fsp3) is 0.524. The normalized spacial score (nSPS) is 17.6. The second-order valence-electron chi connectivity index (χ2n) is 7.65. The summed E-state index contributed by atoms with van der Waals surface area (Å²) < 4.78 is 7.62. The summed E-state index contributed by atoms with van der Waals surface area (Å²) in [4.78, 5) is 12.5. The highest BCUT2D eigenvalue weighted by Crippen LogP contribution is 2.19. The van der Waals surface area contributed by atoms with Gasteiger partial charge in [-0.2, -0.15) is 5.10 Å². The minimum atomic E-state index is -0.148. The Morgan fingerprint density at radius 3 is 2.68 bits per heavy atom. The maximum absolute atomic E-state index is 12.5. The van der Waals surface area contributed by atoms with Crippen molar-refractivity contribution in [3.05, 3.63) is 47.8 Å². The number of piperidine rings is 1. The summed E-state index contributed by atoms with van der Waals surface area (Å²) in [5.74, 6) is 1.20. The highest BCUT2D eigenvalue weighted by Gasteiger charge is 2.19. The molecule has 0 radical (unpaired) electrons. The third-order valence-electron chi connectivity index (χ3n) is 4.80. The average molecular weight is 407 g/mol. The first-order valence-electron chi connectivity index (χ1n) is 9.82. The Morgan fingerprint density at radius 2 is 2.04 bits per heavy atom. The number of halogens is 1. The SMILES string of the molecule is CC(C)COc1ccc(C(C)NC(=O)c2ccn(C3CCCNC3)n2)cc1.Cl. The van der Waals surface area contributed by atoms with Gasteiger partial charge in [0.05, 0.1) is 18.7 Å². The van der Waals surface area contributed by atoms with Gasteiger partial charge in [0, 0.05) is 12.7 Å². The summed E-state index contributed by atoms with van der Waals surface area (Å²) in [6, 6.07) is 9.91. The van der Waals surface area contributed by atoms with Gasteiger partial charge in [0.2, 0.25) is 0 Å². The van der Waals surface area contributed by atoms with Gasteiger partial charge >= 0.3 is 0 Å². The Balaban J connectivity index is 0.00000280. The summed E-state index contributed by atoms with van der Waals surface area (Å²) in [6.07, 6.45) is 4.13. The molecular formula is C21H31ClN4O2. The van der Waals surface area contributed by atoms with Crippen molar-refractivity contribution in [2.24, 2.45) is 5.92 Å². The molecule has 1 aliphatic rings. The number of carbonyl (C=O) groups is 1. The van der Waals surface area contributed by atoms with E-state index in [2.05, 4.69) is 29.6 Å². The minimum absolute atomic E-state index is 0. The lowest BCUT2D eigenvalue weighted by atomic mass is 10.1. The van der Waals surface area contributed by atoms with Crippen LogP contribution >= 0.6 is 12.4 Å². The fourth-order valence-electron chi connectivity index (χ4n) is 3.19. The Kier molecular flexibility index (Phi) is 8.33. The molecule has 154 valence electrons. The molecule has 1 aromatic heterocycles. The van der Waals surface area contributed by atoms with Crippen molar-refractivity contribution in [3.63, 3.8) is 0 Å². The number of carbonyl (C=O) groups excluding carboxylic acids is 1. The van der Waals surface area contributed by atoms with Crippen molar-refractivity contribution in [1.82, 2.24) is 20.4 Å². The molecule has 28 heavy (non-hydrogen) atoms. The van der Waals surface area contributed by atoms with Gasteiger partial charge in [0.1, 0.15) is 11.4 Å². The zero-order valence-corrected chi connectivity index (χ0v) is 17.7. The van der Waals surface area contributed by atoms with Crippen LogP contribution in [0.15, 0.2) is 36.5 Å². The fourth-order valence-corrected chi connectivity index (χ4v) is 3.19. The zero-order valence-electron chi connectivity index (χ0n) is 16.9. The molecule has 2 atom stereocenters. The second-order valence-corrected chi connectivity index (χ2v) is 7.65. The molecule has 0 bridgehead atoms. The van der Waals surface area contributed by atoms with Gasteiger partial charge in [-0.15, -0.1) is 12.4 Å². The van der Waals surface area contributed by atoms with Gasteiger partial charge in [-0.05, 0) is 56.0 Å². The summed E-state index contributed by atoms with van der Waals surface area (Å²) in [5.41, 5.74) is 1.50. The summed E-state index contributed by atoms with van der Waals surface area (Å²) in [5, 5.41) is 10.9. The van der Waals surface area contributed by atoms with Crippen molar-refractivity contribution < 1.29 is 9.53 Å². The number of rotatable bonds is 7. The number of hydrogen-bond donors (Lipinski definition) is 2. The quantitative estimate of drug-likeness (QED) is 0.734. The first kappa shape index (κ1) is 22.2. The highest BCUT2D eigenvalue weighted by molar-refractivity contribution is 5.92. The van der Waals surface area contributed by atoms with Gasteiger partial charge in [-0.25, -0.2) is 0 Å². The lowest BCUT2D eigenvalue weighted by molar-refractivity contribution is 0.0933. The molecule has 1 aromatic carbocycles. The number of amides is 1. The molecule has 0 aliphatic carbocycles. The molecule has 0 saturated carbocycles. The van der Waals surface area contributed by atoms with Crippen molar-refractivity contribution >= 4 is 18.3 Å². The maximum Gasteiger partial charge on any atom is 0.272 e. The lowest BCUT2D eigenvalue weighted by Gasteiger charge is -2.22. The van der Waals surface area contributed by atoms with Crippen LogP contribution in [0.2, 0.25) is 0 Å². The monoisotopic (exact) mass is 406 g/mol. The molecule has 1 aliphatic heterocycles. The predicted octanol–water partition coefficient (Wildman–Crippen LogP) is 3.76. The molecular weight excluding hydrogens is 376 g/mol. The third kappa shape index (κ3) is 5.97. The van der Waals surface area contributed by atoms with E-state index in [4.69, 9.17) is 4.74 Å². The Morgan fingerprint density at radius 1 is 1.29 bits per heavy atom. The Labute approximate surface area is 173 Å². The van der Waals surface area contributed by atoms with Crippen LogP contribution in [0.1, 0.15) is 61.7 Å². The second kappa shape index (κ2) is 10.5. The average Bonchev–Trinajstić information content (AvgIpc) is 3.18. The van der Waals surface area contributed by atoms with Crippen LogP contribution in [-0.4, -0.2) is 35.4 Å². The smallest absolute Gasteiger partial charge is 0.272 e. The van der Waals surface area contributed by atoms with Gasteiger partial charge in [0.15, 0.2) is 0 Å². The van der Waals surface area contributed by atoms with E-state index in [1.165, 1.54) is 0 Å². The summed E-state index contributed by atoms with van der Waals surface area (Å²) >= 11 is 0. The third-order valence-corrected chi connectivity index (χ3v) is 4.80. The number of nitrogens with one attached hydrogen (secondary N) is 2. The van der Waals surface area contributed by atoms with Crippen LogP contribution in [-0.2, 0) is 0 Å². The largest absolute Gasteiger partial charge is 0.493 e. The van der Waals surface area contributed by atoms with Crippen molar-refractivity contribution in [3.8, 4) is 5.75 Å². The van der Waals surface area contributed by atoms with Crippen LogP contribution in [0.5, 0.6) is 5.75 Å². The minimum Gasteiger partial charge on any atom is -0.493 e. The number of benzene rings is 1. The van der Waals surface area contributed by atoms with Gasteiger partial charge in [0.25, 0.3) is 5.91 Å². The summed E-state index contributed by atoms with van der Waals surface area (Å²) in [6.45, 7) is 8.89. The first-order chi connectivity index (χ1) is 13.0. The van der Waals surface area contributed by atoms with E-state index in [0.717, 1.165) is 37.2 Å². The lowest BCUT2D eigenvalue weighted by Crippen LogP contribution is -2.32.